The summed E-state index contributed by atoms with van der Waals surface area (Å²) >= 11 is 0. The molecule has 2 heterocycles. The standard InChI is InChI=1S/C15H12F3N5O/c1-9-5-14(23-24-9)22-13-7-12(19-8-20-13)21-11-4-2-3-10(6-11)15(16,17)18/h2-8H,1H3,(H2,19,20,21,22,23). The SMILES string of the molecule is Cc1cc(Nc2cc(Nc3cccc(C(F)(F)F)c3)ncn2)no1. The molecule has 0 radical (unpaired) electrons. The van der Waals surface area contributed by atoms with E-state index in [0.717, 1.165) is 12.1 Å². The summed E-state index contributed by atoms with van der Waals surface area (Å²) in [4.78, 5) is 8.00. The predicted molar refractivity (Wildman–Crippen MR) is 81.3 cm³/mol. The van der Waals surface area contributed by atoms with Crippen LogP contribution in [0.2, 0.25) is 0 Å². The van der Waals surface area contributed by atoms with Crippen LogP contribution >= 0.6 is 0 Å². The number of benzene rings is 1. The Morgan fingerprint density at radius 3 is 2.38 bits per heavy atom. The molecule has 0 atom stereocenters. The van der Waals surface area contributed by atoms with Gasteiger partial charge in [0.1, 0.15) is 23.7 Å². The highest BCUT2D eigenvalue weighted by Gasteiger charge is 2.30. The molecule has 0 fully saturated rings. The first kappa shape index (κ1) is 15.8. The molecule has 6 nitrogen and oxygen atoms in total. The maximum atomic E-state index is 12.7. The molecule has 124 valence electrons. The number of alkyl halides is 3. The predicted octanol–water partition coefficient (Wildman–Crippen LogP) is 4.28. The Kier molecular flexibility index (Phi) is 4.07. The van der Waals surface area contributed by atoms with E-state index in [2.05, 4.69) is 25.8 Å². The van der Waals surface area contributed by atoms with Gasteiger partial charge in [-0.3, -0.25) is 0 Å². The van der Waals surface area contributed by atoms with Gasteiger partial charge in [-0.25, -0.2) is 9.97 Å². The fourth-order valence-corrected chi connectivity index (χ4v) is 1.97. The molecule has 0 aliphatic carbocycles. The molecule has 0 bridgehead atoms. The van der Waals surface area contributed by atoms with E-state index in [1.54, 1.807) is 19.1 Å². The summed E-state index contributed by atoms with van der Waals surface area (Å²) in [7, 11) is 0. The first-order valence-electron chi connectivity index (χ1n) is 6.87. The highest BCUT2D eigenvalue weighted by atomic mass is 19.4. The summed E-state index contributed by atoms with van der Waals surface area (Å²) in [5.74, 6) is 1.87. The minimum Gasteiger partial charge on any atom is -0.360 e. The van der Waals surface area contributed by atoms with Crippen LogP contribution in [0, 0.1) is 6.92 Å². The van der Waals surface area contributed by atoms with Gasteiger partial charge in [0.2, 0.25) is 0 Å². The zero-order chi connectivity index (χ0) is 17.2. The lowest BCUT2D eigenvalue weighted by atomic mass is 10.2. The Hall–Kier alpha value is -3.10. The Morgan fingerprint density at radius 2 is 1.71 bits per heavy atom. The average Bonchev–Trinajstić information content (AvgIpc) is 2.92. The molecule has 1 aromatic carbocycles. The summed E-state index contributed by atoms with van der Waals surface area (Å²) in [6.45, 7) is 1.75. The second kappa shape index (κ2) is 6.19. The molecule has 3 aromatic rings. The number of nitrogens with one attached hydrogen (secondary N) is 2. The fourth-order valence-electron chi connectivity index (χ4n) is 1.97. The van der Waals surface area contributed by atoms with Gasteiger partial charge in [0.25, 0.3) is 0 Å². The summed E-state index contributed by atoms with van der Waals surface area (Å²) in [6.07, 6.45) is -3.12. The average molecular weight is 335 g/mol. The van der Waals surface area contributed by atoms with Crippen LogP contribution in [0.15, 0.2) is 47.2 Å². The molecule has 2 N–H and O–H groups in total. The zero-order valence-electron chi connectivity index (χ0n) is 12.4. The second-order valence-corrected chi connectivity index (χ2v) is 4.94. The molecule has 24 heavy (non-hydrogen) atoms. The van der Waals surface area contributed by atoms with Crippen molar-refractivity contribution in [2.24, 2.45) is 0 Å². The minimum atomic E-state index is -4.40. The van der Waals surface area contributed by atoms with E-state index in [1.165, 1.54) is 18.5 Å². The van der Waals surface area contributed by atoms with Crippen molar-refractivity contribution in [1.29, 1.82) is 0 Å². The summed E-state index contributed by atoms with van der Waals surface area (Å²) in [6, 6.07) is 8.09. The first-order valence-corrected chi connectivity index (χ1v) is 6.87. The molecule has 0 spiro atoms. The van der Waals surface area contributed by atoms with Crippen molar-refractivity contribution >= 4 is 23.1 Å². The quantitative estimate of drug-likeness (QED) is 0.741. The van der Waals surface area contributed by atoms with Crippen LogP contribution in [0.25, 0.3) is 0 Å². The van der Waals surface area contributed by atoms with Crippen LogP contribution in [-0.2, 0) is 6.18 Å². The number of halogens is 3. The largest absolute Gasteiger partial charge is 0.416 e. The van der Waals surface area contributed by atoms with Gasteiger partial charge in [-0.1, -0.05) is 11.2 Å². The van der Waals surface area contributed by atoms with Gasteiger partial charge in [-0.05, 0) is 25.1 Å². The van der Waals surface area contributed by atoms with E-state index in [4.69, 9.17) is 4.52 Å². The molecular formula is C15H12F3N5O. The van der Waals surface area contributed by atoms with Gasteiger partial charge in [-0.15, -0.1) is 0 Å². The summed E-state index contributed by atoms with van der Waals surface area (Å²) in [5.41, 5.74) is -0.468. The molecule has 0 aliphatic rings. The molecule has 2 aromatic heterocycles. The number of anilines is 4. The van der Waals surface area contributed by atoms with E-state index in [9.17, 15) is 13.2 Å². The number of hydrogen-bond donors (Lipinski definition) is 2. The van der Waals surface area contributed by atoms with E-state index in [-0.39, 0.29) is 5.69 Å². The lowest BCUT2D eigenvalue weighted by molar-refractivity contribution is -0.137. The summed E-state index contributed by atoms with van der Waals surface area (Å²) < 4.78 is 43.1. The lowest BCUT2D eigenvalue weighted by Crippen LogP contribution is -2.05. The Labute approximate surface area is 134 Å². The maximum absolute atomic E-state index is 12.7. The van der Waals surface area contributed by atoms with Gasteiger partial charge in [-0.2, -0.15) is 13.2 Å². The number of aromatic nitrogens is 3. The van der Waals surface area contributed by atoms with Gasteiger partial charge < -0.3 is 15.2 Å². The Balaban J connectivity index is 1.77. The van der Waals surface area contributed by atoms with Gasteiger partial charge in [0.15, 0.2) is 5.82 Å². The van der Waals surface area contributed by atoms with Crippen LogP contribution in [-0.4, -0.2) is 15.1 Å². The molecule has 0 saturated carbocycles. The number of nitrogens with zero attached hydrogens (tertiary/aromatic N) is 3. The maximum Gasteiger partial charge on any atom is 0.416 e. The molecule has 0 amide bonds. The van der Waals surface area contributed by atoms with Crippen molar-refractivity contribution < 1.29 is 17.7 Å². The first-order chi connectivity index (χ1) is 11.4. The third kappa shape index (κ3) is 3.80. The van der Waals surface area contributed by atoms with Crippen molar-refractivity contribution in [2.75, 3.05) is 10.6 Å². The zero-order valence-corrected chi connectivity index (χ0v) is 12.4. The van der Waals surface area contributed by atoms with Crippen molar-refractivity contribution in [3.05, 3.63) is 54.0 Å². The molecule has 9 heteroatoms. The summed E-state index contributed by atoms with van der Waals surface area (Å²) in [5, 5.41) is 9.49. The molecule has 0 saturated heterocycles. The lowest BCUT2D eigenvalue weighted by Gasteiger charge is -2.10. The van der Waals surface area contributed by atoms with E-state index in [0.29, 0.717) is 23.2 Å². The van der Waals surface area contributed by atoms with Crippen LogP contribution in [0.1, 0.15) is 11.3 Å². The monoisotopic (exact) mass is 335 g/mol. The van der Waals surface area contributed by atoms with Crippen molar-refractivity contribution in [3.63, 3.8) is 0 Å². The molecule has 0 unspecified atom stereocenters. The second-order valence-electron chi connectivity index (χ2n) is 4.94. The van der Waals surface area contributed by atoms with E-state index in [1.807, 2.05) is 0 Å². The van der Waals surface area contributed by atoms with Crippen LogP contribution in [0.4, 0.5) is 36.3 Å². The smallest absolute Gasteiger partial charge is 0.360 e. The third-order valence-corrected chi connectivity index (χ3v) is 3.01. The van der Waals surface area contributed by atoms with E-state index >= 15 is 0 Å². The van der Waals surface area contributed by atoms with Gasteiger partial charge in [0.05, 0.1) is 5.56 Å². The van der Waals surface area contributed by atoms with Crippen LogP contribution in [0.5, 0.6) is 0 Å². The molecular weight excluding hydrogens is 323 g/mol. The Bertz CT molecular complexity index is 847. The normalized spacial score (nSPS) is 11.3. The highest BCUT2D eigenvalue weighted by Crippen LogP contribution is 2.31. The van der Waals surface area contributed by atoms with Gasteiger partial charge in [0, 0.05) is 17.8 Å². The Morgan fingerprint density at radius 1 is 0.958 bits per heavy atom. The van der Waals surface area contributed by atoms with Crippen molar-refractivity contribution in [1.82, 2.24) is 15.1 Å². The van der Waals surface area contributed by atoms with E-state index < -0.39 is 11.7 Å². The number of rotatable bonds is 4. The van der Waals surface area contributed by atoms with Crippen molar-refractivity contribution in [2.45, 2.75) is 13.1 Å². The topological polar surface area (TPSA) is 75.9 Å². The van der Waals surface area contributed by atoms with Gasteiger partial charge >= 0.3 is 6.18 Å². The third-order valence-electron chi connectivity index (χ3n) is 3.01. The van der Waals surface area contributed by atoms with Crippen LogP contribution < -0.4 is 10.6 Å². The molecule has 0 aliphatic heterocycles. The number of hydrogen-bond acceptors (Lipinski definition) is 6. The fraction of sp³-hybridized carbons (Fsp3) is 0.133. The highest BCUT2D eigenvalue weighted by molar-refractivity contribution is 5.62. The molecule has 3 rings (SSSR count). The van der Waals surface area contributed by atoms with Crippen LogP contribution in [0.3, 0.4) is 0 Å². The number of aryl methyl sites for hydroxylation is 1. The minimum absolute atomic E-state index is 0.270. The van der Waals surface area contributed by atoms with Crippen molar-refractivity contribution in [3.8, 4) is 0 Å².